The maximum Gasteiger partial charge on any atom is 0.418 e. The van der Waals surface area contributed by atoms with Crippen LogP contribution in [0.1, 0.15) is 40.2 Å². The quantitative estimate of drug-likeness (QED) is 0.623. The minimum absolute atomic E-state index is 0.323. The van der Waals surface area contributed by atoms with Crippen LogP contribution in [-0.4, -0.2) is 29.6 Å². The van der Waals surface area contributed by atoms with Gasteiger partial charge in [-0.1, -0.05) is 0 Å². The largest absolute Gasteiger partial charge is 0.418 e. The van der Waals surface area contributed by atoms with Gasteiger partial charge in [-0.2, -0.15) is 13.2 Å². The lowest BCUT2D eigenvalue weighted by molar-refractivity contribution is -0.385. The molecule has 0 aliphatic carbocycles. The predicted octanol–water partition coefficient (Wildman–Crippen LogP) is 4.35. The Morgan fingerprint density at radius 3 is 2.19 bits per heavy atom. The average molecular weight is 377 g/mol. The first-order valence-electron chi connectivity index (χ1n) is 7.76. The van der Waals surface area contributed by atoms with Crippen molar-refractivity contribution in [2.24, 2.45) is 0 Å². The van der Waals surface area contributed by atoms with Crippen LogP contribution in [0, 0.1) is 10.1 Å². The summed E-state index contributed by atoms with van der Waals surface area (Å²) in [5, 5.41) is 13.6. The third-order valence-corrected chi connectivity index (χ3v) is 3.41. The van der Waals surface area contributed by atoms with Crippen LogP contribution in [0.3, 0.4) is 0 Å². The summed E-state index contributed by atoms with van der Waals surface area (Å²) < 4.78 is 45.0. The zero-order valence-corrected chi connectivity index (χ0v) is 15.4. The molecule has 0 bridgehead atoms. The molecule has 0 aliphatic rings. The zero-order valence-electron chi connectivity index (χ0n) is 15.4. The van der Waals surface area contributed by atoms with Crippen molar-refractivity contribution in [3.05, 3.63) is 27.8 Å². The molecule has 1 aromatic carbocycles. The van der Waals surface area contributed by atoms with Crippen LogP contribution in [0.4, 0.5) is 29.3 Å². The van der Waals surface area contributed by atoms with Crippen molar-refractivity contribution in [2.75, 3.05) is 11.9 Å². The Morgan fingerprint density at radius 2 is 1.81 bits per heavy atom. The molecule has 0 saturated carbocycles. The van der Waals surface area contributed by atoms with E-state index >= 15 is 0 Å². The number of amides is 1. The van der Waals surface area contributed by atoms with Gasteiger partial charge < -0.3 is 15.0 Å². The Hall–Kier alpha value is -2.52. The molecule has 1 amide bonds. The Labute approximate surface area is 149 Å². The summed E-state index contributed by atoms with van der Waals surface area (Å²) in [6.45, 7) is 8.30. The van der Waals surface area contributed by atoms with E-state index in [0.29, 0.717) is 6.07 Å². The van der Waals surface area contributed by atoms with Gasteiger partial charge in [0.05, 0.1) is 16.2 Å². The van der Waals surface area contributed by atoms with Crippen LogP contribution in [0.5, 0.6) is 5.75 Å². The number of carbonyl (C=O) groups excluding carboxylic acids is 1. The third-order valence-electron chi connectivity index (χ3n) is 3.41. The number of ether oxygens (including phenoxy) is 1. The van der Waals surface area contributed by atoms with E-state index in [1.165, 1.54) is 11.9 Å². The van der Waals surface area contributed by atoms with Crippen LogP contribution >= 0.6 is 0 Å². The second-order valence-electron chi connectivity index (χ2n) is 7.06. The number of rotatable bonds is 4. The van der Waals surface area contributed by atoms with Gasteiger partial charge in [-0.25, -0.2) is 4.79 Å². The highest BCUT2D eigenvalue weighted by Crippen LogP contribution is 2.43. The molecule has 0 unspecified atom stereocenters. The first-order valence-corrected chi connectivity index (χ1v) is 7.76. The number of halogens is 3. The van der Waals surface area contributed by atoms with E-state index in [-0.39, 0.29) is 11.7 Å². The van der Waals surface area contributed by atoms with Crippen molar-refractivity contribution in [1.29, 1.82) is 0 Å². The van der Waals surface area contributed by atoms with E-state index in [1.54, 1.807) is 34.6 Å². The van der Waals surface area contributed by atoms with E-state index in [1.807, 2.05) is 0 Å². The van der Waals surface area contributed by atoms with Crippen molar-refractivity contribution in [3.63, 3.8) is 0 Å². The molecule has 0 radical (unpaired) electrons. The fourth-order valence-electron chi connectivity index (χ4n) is 2.01. The summed E-state index contributed by atoms with van der Waals surface area (Å²) in [4.78, 5) is 23.4. The molecule has 0 aromatic heterocycles. The molecule has 0 spiro atoms. The van der Waals surface area contributed by atoms with Crippen molar-refractivity contribution >= 4 is 17.5 Å². The number of nitro benzene ring substituents is 1. The monoisotopic (exact) mass is 377 g/mol. The highest BCUT2D eigenvalue weighted by Gasteiger charge is 2.38. The van der Waals surface area contributed by atoms with Crippen LogP contribution in [0.25, 0.3) is 0 Å². The van der Waals surface area contributed by atoms with Crippen LogP contribution in [0.15, 0.2) is 12.1 Å². The fourth-order valence-corrected chi connectivity index (χ4v) is 2.01. The van der Waals surface area contributed by atoms with Gasteiger partial charge in [0.15, 0.2) is 0 Å². The predicted molar refractivity (Wildman–Crippen MR) is 90.6 cm³/mol. The molecule has 1 aromatic rings. The number of hydrogen-bond donors (Lipinski definition) is 1. The molecule has 1 N–H and O–H groups in total. The van der Waals surface area contributed by atoms with E-state index in [4.69, 9.17) is 4.74 Å². The Balaban J connectivity index is 3.51. The van der Waals surface area contributed by atoms with E-state index in [0.717, 1.165) is 6.07 Å². The normalized spacial score (nSPS) is 12.1. The second-order valence-corrected chi connectivity index (χ2v) is 7.06. The highest BCUT2D eigenvalue weighted by molar-refractivity contribution is 5.75. The molecule has 26 heavy (non-hydrogen) atoms. The SMILES string of the molecule is CC(C)N(C)c1cc(OC(=O)NC(C)(C)C)c([N+](=O)[O-])cc1C(F)(F)F. The summed E-state index contributed by atoms with van der Waals surface area (Å²) in [6.07, 6.45) is -5.81. The Kier molecular flexibility index (Phi) is 6.11. The number of carbonyl (C=O) groups is 1. The van der Waals surface area contributed by atoms with Crippen LogP contribution in [0.2, 0.25) is 0 Å². The summed E-state index contributed by atoms with van der Waals surface area (Å²) in [5.41, 5.74) is -3.13. The summed E-state index contributed by atoms with van der Waals surface area (Å²) in [7, 11) is 1.42. The average Bonchev–Trinajstić information content (AvgIpc) is 2.42. The smallest absolute Gasteiger partial charge is 0.403 e. The third kappa shape index (κ3) is 5.50. The Bertz CT molecular complexity index is 697. The van der Waals surface area contributed by atoms with Gasteiger partial charge in [-0.15, -0.1) is 0 Å². The van der Waals surface area contributed by atoms with Gasteiger partial charge in [0.2, 0.25) is 5.75 Å². The number of benzene rings is 1. The molecule has 1 rings (SSSR count). The fraction of sp³-hybridized carbons (Fsp3) is 0.562. The molecular weight excluding hydrogens is 355 g/mol. The van der Waals surface area contributed by atoms with Gasteiger partial charge in [0, 0.05) is 30.8 Å². The van der Waals surface area contributed by atoms with E-state index in [2.05, 4.69) is 5.32 Å². The number of hydrogen-bond acceptors (Lipinski definition) is 5. The van der Waals surface area contributed by atoms with Crippen molar-refractivity contribution < 1.29 is 27.6 Å². The number of nitro groups is 1. The second kappa shape index (κ2) is 7.38. The van der Waals surface area contributed by atoms with E-state index in [9.17, 15) is 28.1 Å². The minimum Gasteiger partial charge on any atom is -0.403 e. The van der Waals surface area contributed by atoms with Gasteiger partial charge in [0.1, 0.15) is 0 Å². The molecule has 0 aliphatic heterocycles. The first-order chi connectivity index (χ1) is 11.6. The van der Waals surface area contributed by atoms with Gasteiger partial charge >= 0.3 is 18.0 Å². The van der Waals surface area contributed by atoms with Crippen molar-refractivity contribution in [3.8, 4) is 5.75 Å². The topological polar surface area (TPSA) is 84.7 Å². The van der Waals surface area contributed by atoms with Gasteiger partial charge in [0.25, 0.3) is 0 Å². The molecule has 0 atom stereocenters. The van der Waals surface area contributed by atoms with Gasteiger partial charge in [-0.05, 0) is 34.6 Å². The van der Waals surface area contributed by atoms with Crippen molar-refractivity contribution in [2.45, 2.75) is 52.4 Å². The zero-order chi connectivity index (χ0) is 20.4. The number of nitrogens with zero attached hydrogens (tertiary/aromatic N) is 2. The molecule has 0 heterocycles. The number of alkyl halides is 3. The van der Waals surface area contributed by atoms with Crippen LogP contribution in [-0.2, 0) is 6.18 Å². The standard InChI is InChI=1S/C16H22F3N3O4/c1-9(2)21(6)11-8-13(26-14(23)20-15(3,4)5)12(22(24)25)7-10(11)16(17,18)19/h7-9H,1-6H3,(H,20,23). The molecule has 146 valence electrons. The van der Waals surface area contributed by atoms with E-state index < -0.39 is 39.7 Å². The lowest BCUT2D eigenvalue weighted by Crippen LogP contribution is -2.42. The number of anilines is 1. The molecule has 0 fully saturated rings. The highest BCUT2D eigenvalue weighted by atomic mass is 19.4. The molecule has 0 saturated heterocycles. The summed E-state index contributed by atoms with van der Waals surface area (Å²) in [5.74, 6) is -0.563. The lowest BCUT2D eigenvalue weighted by Gasteiger charge is -2.27. The first kappa shape index (κ1) is 21.5. The Morgan fingerprint density at radius 1 is 1.27 bits per heavy atom. The minimum atomic E-state index is -4.81. The molecule has 10 heteroatoms. The van der Waals surface area contributed by atoms with Crippen molar-refractivity contribution in [1.82, 2.24) is 5.32 Å². The number of nitrogens with one attached hydrogen (secondary N) is 1. The van der Waals surface area contributed by atoms with Gasteiger partial charge in [-0.3, -0.25) is 10.1 Å². The maximum atomic E-state index is 13.4. The maximum absolute atomic E-state index is 13.4. The summed E-state index contributed by atoms with van der Waals surface area (Å²) in [6, 6.07) is 0.922. The molecule has 7 nitrogen and oxygen atoms in total. The lowest BCUT2D eigenvalue weighted by atomic mass is 10.1. The summed E-state index contributed by atoms with van der Waals surface area (Å²) >= 11 is 0. The molecular formula is C16H22F3N3O4. The van der Waals surface area contributed by atoms with Crippen LogP contribution < -0.4 is 15.0 Å².